The summed E-state index contributed by atoms with van der Waals surface area (Å²) in [6.45, 7) is 0.130. The molecule has 0 aromatic carbocycles. The predicted octanol–water partition coefficient (Wildman–Crippen LogP) is -0.781. The van der Waals surface area contributed by atoms with E-state index in [2.05, 4.69) is 47.6 Å². The number of halogens is 2. The van der Waals surface area contributed by atoms with Gasteiger partial charge in [-0.05, 0) is 22.0 Å². The van der Waals surface area contributed by atoms with Gasteiger partial charge < -0.3 is 0 Å². The SMILES string of the molecule is O=S(=O)(NCC1NNNN1)c1cc(Br)cnc1Cl. The first-order valence-corrected chi connectivity index (χ1v) is 7.46. The second kappa shape index (κ2) is 5.75. The van der Waals surface area contributed by atoms with Crippen LogP contribution in [-0.2, 0) is 10.0 Å². The van der Waals surface area contributed by atoms with Crippen molar-refractivity contribution in [3.63, 3.8) is 0 Å². The van der Waals surface area contributed by atoms with Crippen LogP contribution in [0.3, 0.4) is 0 Å². The lowest BCUT2D eigenvalue weighted by molar-refractivity contribution is 0.505. The van der Waals surface area contributed by atoms with Crippen molar-refractivity contribution in [2.45, 2.75) is 11.1 Å². The first-order chi connectivity index (χ1) is 8.49. The number of hydrazine groups is 3. The highest BCUT2D eigenvalue weighted by Crippen LogP contribution is 2.22. The number of pyridine rings is 1. The van der Waals surface area contributed by atoms with Crippen molar-refractivity contribution in [2.24, 2.45) is 0 Å². The van der Waals surface area contributed by atoms with Gasteiger partial charge in [-0.15, -0.1) is 0 Å². The number of rotatable bonds is 4. The molecule has 2 heterocycles. The van der Waals surface area contributed by atoms with Crippen LogP contribution in [-0.4, -0.2) is 26.1 Å². The molecule has 100 valence electrons. The molecule has 0 spiro atoms. The summed E-state index contributed by atoms with van der Waals surface area (Å²) >= 11 is 8.92. The van der Waals surface area contributed by atoms with Crippen LogP contribution >= 0.6 is 27.5 Å². The minimum absolute atomic E-state index is 0.0718. The molecule has 0 atom stereocenters. The number of nitrogens with one attached hydrogen (secondary N) is 5. The van der Waals surface area contributed by atoms with E-state index in [0.717, 1.165) is 0 Å². The Morgan fingerprint density at radius 3 is 2.78 bits per heavy atom. The molecule has 1 aromatic heterocycles. The highest BCUT2D eigenvalue weighted by atomic mass is 79.9. The van der Waals surface area contributed by atoms with Gasteiger partial charge in [0.2, 0.25) is 10.0 Å². The first-order valence-electron chi connectivity index (χ1n) is 4.81. The fraction of sp³-hybridized carbons (Fsp3) is 0.286. The Labute approximate surface area is 117 Å². The van der Waals surface area contributed by atoms with Crippen molar-refractivity contribution >= 4 is 37.6 Å². The Morgan fingerprint density at radius 1 is 1.44 bits per heavy atom. The highest BCUT2D eigenvalue weighted by Gasteiger charge is 2.21. The standard InChI is InChI=1S/C7H10BrClN6O2S/c8-4-1-5(7(9)10-2-4)18(16,17)11-3-6-12-14-15-13-6/h1-2,6,11-15H,3H2. The van der Waals surface area contributed by atoms with E-state index in [0.29, 0.717) is 4.47 Å². The molecule has 1 aromatic rings. The van der Waals surface area contributed by atoms with Crippen LogP contribution in [0.2, 0.25) is 5.15 Å². The lowest BCUT2D eigenvalue weighted by atomic mass is 10.5. The van der Waals surface area contributed by atoms with E-state index >= 15 is 0 Å². The number of hydrogen-bond acceptors (Lipinski definition) is 7. The molecule has 0 radical (unpaired) electrons. The minimum atomic E-state index is -3.71. The fourth-order valence-corrected chi connectivity index (χ4v) is 3.24. The summed E-state index contributed by atoms with van der Waals surface area (Å²) in [4.78, 5) is 3.70. The lowest BCUT2D eigenvalue weighted by Crippen LogP contribution is -2.44. The molecule has 11 heteroatoms. The van der Waals surface area contributed by atoms with Crippen molar-refractivity contribution in [1.29, 1.82) is 0 Å². The van der Waals surface area contributed by atoms with Crippen LogP contribution < -0.4 is 26.6 Å². The van der Waals surface area contributed by atoms with Gasteiger partial charge in [-0.3, -0.25) is 0 Å². The van der Waals surface area contributed by atoms with Gasteiger partial charge in [0.05, 0.1) is 6.17 Å². The van der Waals surface area contributed by atoms with Gasteiger partial charge in [-0.2, -0.15) is 11.1 Å². The molecule has 0 saturated carbocycles. The van der Waals surface area contributed by atoms with Gasteiger partial charge in [0.15, 0.2) is 0 Å². The molecular formula is C7H10BrClN6O2S. The second-order valence-electron chi connectivity index (χ2n) is 3.39. The molecule has 1 aliphatic heterocycles. The lowest BCUT2D eigenvalue weighted by Gasteiger charge is -2.11. The van der Waals surface area contributed by atoms with Crippen LogP contribution in [0.15, 0.2) is 21.6 Å². The summed E-state index contributed by atoms with van der Waals surface area (Å²) in [6, 6.07) is 1.39. The molecule has 0 amide bonds. The number of sulfonamides is 1. The molecular weight excluding hydrogens is 348 g/mol. The molecule has 5 N–H and O–H groups in total. The Morgan fingerprint density at radius 2 is 2.11 bits per heavy atom. The maximum atomic E-state index is 12.0. The summed E-state index contributed by atoms with van der Waals surface area (Å²) in [7, 11) is -3.71. The summed E-state index contributed by atoms with van der Waals surface area (Å²) < 4.78 is 27.0. The van der Waals surface area contributed by atoms with Gasteiger partial charge in [0.25, 0.3) is 0 Å². The fourth-order valence-electron chi connectivity index (χ4n) is 1.25. The van der Waals surface area contributed by atoms with Crippen molar-refractivity contribution < 1.29 is 8.42 Å². The molecule has 0 unspecified atom stereocenters. The normalized spacial score (nSPS) is 17.2. The highest BCUT2D eigenvalue weighted by molar-refractivity contribution is 9.10. The zero-order chi connectivity index (χ0) is 13.2. The van der Waals surface area contributed by atoms with Gasteiger partial charge in [0.1, 0.15) is 10.0 Å². The van der Waals surface area contributed by atoms with Crippen LogP contribution in [0.1, 0.15) is 0 Å². The average molecular weight is 358 g/mol. The van der Waals surface area contributed by atoms with E-state index in [1.54, 1.807) is 0 Å². The Bertz CT molecular complexity index is 535. The largest absolute Gasteiger partial charge is 0.243 e. The number of nitrogens with zero attached hydrogens (tertiary/aromatic N) is 1. The van der Waals surface area contributed by atoms with E-state index in [-0.39, 0.29) is 22.8 Å². The van der Waals surface area contributed by atoms with E-state index in [4.69, 9.17) is 11.6 Å². The van der Waals surface area contributed by atoms with Gasteiger partial charge in [-0.1, -0.05) is 11.6 Å². The van der Waals surface area contributed by atoms with Crippen molar-refractivity contribution in [2.75, 3.05) is 6.54 Å². The molecule has 8 nitrogen and oxygen atoms in total. The summed E-state index contributed by atoms with van der Waals surface area (Å²) in [5.74, 6) is 0. The molecule has 0 aliphatic carbocycles. The summed E-state index contributed by atoms with van der Waals surface area (Å²) in [5.41, 5.74) is 10.7. The van der Waals surface area contributed by atoms with Crippen LogP contribution in [0.25, 0.3) is 0 Å². The van der Waals surface area contributed by atoms with Gasteiger partial charge in [-0.25, -0.2) is 29.0 Å². The topological polar surface area (TPSA) is 107 Å². The minimum Gasteiger partial charge on any atom is -0.242 e. The third-order valence-corrected chi connectivity index (χ3v) is 4.38. The average Bonchev–Trinajstić information content (AvgIpc) is 2.83. The van der Waals surface area contributed by atoms with E-state index in [9.17, 15) is 8.42 Å². The van der Waals surface area contributed by atoms with Gasteiger partial charge >= 0.3 is 0 Å². The van der Waals surface area contributed by atoms with Crippen LogP contribution in [0.5, 0.6) is 0 Å². The van der Waals surface area contributed by atoms with Crippen molar-refractivity contribution in [3.05, 3.63) is 21.9 Å². The van der Waals surface area contributed by atoms with Crippen LogP contribution in [0, 0.1) is 0 Å². The van der Waals surface area contributed by atoms with E-state index in [1.165, 1.54) is 12.3 Å². The monoisotopic (exact) mass is 356 g/mol. The third-order valence-electron chi connectivity index (χ3n) is 2.10. The molecule has 2 rings (SSSR count). The Hall–Kier alpha value is -0.330. The van der Waals surface area contributed by atoms with E-state index < -0.39 is 10.0 Å². The van der Waals surface area contributed by atoms with E-state index in [1.807, 2.05) is 0 Å². The molecule has 1 saturated heterocycles. The number of aromatic nitrogens is 1. The zero-order valence-electron chi connectivity index (χ0n) is 8.87. The number of hydrogen-bond donors (Lipinski definition) is 5. The first kappa shape index (κ1) is 14.1. The quantitative estimate of drug-likeness (QED) is 0.450. The predicted molar refractivity (Wildman–Crippen MR) is 68.5 cm³/mol. The second-order valence-corrected chi connectivity index (χ2v) is 6.39. The Balaban J connectivity index is 2.12. The summed E-state index contributed by atoms with van der Waals surface area (Å²) in [6.07, 6.45) is 1.15. The third kappa shape index (κ3) is 3.36. The molecule has 0 bridgehead atoms. The molecule has 1 aliphatic rings. The molecule has 18 heavy (non-hydrogen) atoms. The molecule has 1 fully saturated rings. The van der Waals surface area contributed by atoms with Crippen molar-refractivity contribution in [1.82, 2.24) is 31.6 Å². The zero-order valence-corrected chi connectivity index (χ0v) is 12.0. The maximum Gasteiger partial charge on any atom is 0.243 e. The Kier molecular flexibility index (Phi) is 4.50. The smallest absolute Gasteiger partial charge is 0.242 e. The van der Waals surface area contributed by atoms with Crippen LogP contribution in [0.4, 0.5) is 0 Å². The summed E-state index contributed by atoms with van der Waals surface area (Å²) in [5, 5.41) is -0.0747. The maximum absolute atomic E-state index is 12.0. The van der Waals surface area contributed by atoms with Gasteiger partial charge in [0, 0.05) is 17.2 Å². The van der Waals surface area contributed by atoms with Crippen molar-refractivity contribution in [3.8, 4) is 0 Å².